The molecule has 0 fully saturated rings. The highest BCUT2D eigenvalue weighted by molar-refractivity contribution is 4.75. The fourth-order valence-electron chi connectivity index (χ4n) is 1.15. The van der Waals surface area contributed by atoms with Gasteiger partial charge in [0.25, 0.3) is 0 Å². The van der Waals surface area contributed by atoms with Crippen LogP contribution in [0.5, 0.6) is 0 Å². The van der Waals surface area contributed by atoms with Gasteiger partial charge in [-0.25, -0.2) is 0 Å². The summed E-state index contributed by atoms with van der Waals surface area (Å²) in [5.41, 5.74) is 0.0405. The van der Waals surface area contributed by atoms with E-state index in [9.17, 15) is 5.11 Å². The first-order valence-corrected chi connectivity index (χ1v) is 5.64. The van der Waals surface area contributed by atoms with Crippen molar-refractivity contribution in [3.05, 3.63) is 0 Å². The van der Waals surface area contributed by atoms with Crippen molar-refractivity contribution < 1.29 is 19.3 Å². The minimum atomic E-state index is -0.658. The number of aliphatic hydroxyl groups excluding tert-OH is 1. The van der Waals surface area contributed by atoms with Crippen molar-refractivity contribution in [3.63, 3.8) is 0 Å². The summed E-state index contributed by atoms with van der Waals surface area (Å²) >= 11 is 0. The molecule has 0 saturated heterocycles. The molecule has 1 N–H and O–H groups in total. The summed E-state index contributed by atoms with van der Waals surface area (Å²) in [5.74, 6) is 0. The Hall–Kier alpha value is -0.160. The van der Waals surface area contributed by atoms with E-state index in [1.165, 1.54) is 0 Å². The van der Waals surface area contributed by atoms with Gasteiger partial charge in [0.05, 0.1) is 19.3 Å². The first kappa shape index (κ1) is 15.8. The molecule has 0 saturated carbocycles. The topological polar surface area (TPSA) is 47.9 Å². The number of ether oxygens (including phenoxy) is 3. The molecule has 3 atom stereocenters. The fourth-order valence-corrected chi connectivity index (χ4v) is 1.15. The van der Waals surface area contributed by atoms with Gasteiger partial charge in [0, 0.05) is 14.2 Å². The first-order valence-electron chi connectivity index (χ1n) is 5.64. The van der Waals surface area contributed by atoms with Crippen LogP contribution >= 0.6 is 0 Å². The monoisotopic (exact) mass is 234 g/mol. The van der Waals surface area contributed by atoms with Gasteiger partial charge in [0.1, 0.15) is 12.2 Å². The summed E-state index contributed by atoms with van der Waals surface area (Å²) in [7, 11) is 3.15. The number of hydrogen-bond donors (Lipinski definition) is 1. The molecule has 0 aliphatic rings. The highest BCUT2D eigenvalue weighted by atomic mass is 16.5. The van der Waals surface area contributed by atoms with E-state index < -0.39 is 6.10 Å². The van der Waals surface area contributed by atoms with Crippen LogP contribution in [-0.2, 0) is 14.2 Å². The zero-order valence-corrected chi connectivity index (χ0v) is 11.3. The first-order chi connectivity index (χ1) is 7.32. The van der Waals surface area contributed by atoms with Gasteiger partial charge in [-0.2, -0.15) is 0 Å². The van der Waals surface area contributed by atoms with E-state index in [-0.39, 0.29) is 24.2 Å². The standard InChI is InChI=1S/C12H26O4/c1-9(12(2,3)4)16-11(8-15-6)10(13)7-14-5/h9-11,13H,7-8H2,1-6H3. The lowest BCUT2D eigenvalue weighted by Crippen LogP contribution is -2.41. The summed E-state index contributed by atoms with van der Waals surface area (Å²) in [6, 6.07) is 0. The second-order valence-corrected chi connectivity index (χ2v) is 5.16. The highest BCUT2D eigenvalue weighted by Crippen LogP contribution is 2.23. The molecule has 0 rings (SSSR count). The second kappa shape index (κ2) is 7.22. The third-order valence-corrected chi connectivity index (χ3v) is 2.70. The molecular formula is C12H26O4. The molecule has 0 spiro atoms. The van der Waals surface area contributed by atoms with Gasteiger partial charge >= 0.3 is 0 Å². The van der Waals surface area contributed by atoms with E-state index in [2.05, 4.69) is 20.8 Å². The maximum absolute atomic E-state index is 9.82. The maximum atomic E-state index is 9.82. The maximum Gasteiger partial charge on any atom is 0.109 e. The van der Waals surface area contributed by atoms with Crippen molar-refractivity contribution in [1.29, 1.82) is 0 Å². The molecule has 16 heavy (non-hydrogen) atoms. The van der Waals surface area contributed by atoms with Crippen LogP contribution in [0.3, 0.4) is 0 Å². The van der Waals surface area contributed by atoms with E-state index in [0.29, 0.717) is 6.61 Å². The SMILES string of the molecule is COCC(O)C(COC)OC(C)C(C)(C)C. The molecule has 0 aliphatic carbocycles. The van der Waals surface area contributed by atoms with Gasteiger partial charge in [0.15, 0.2) is 0 Å². The minimum absolute atomic E-state index is 0.0405. The average molecular weight is 234 g/mol. The molecular weight excluding hydrogens is 208 g/mol. The molecule has 98 valence electrons. The van der Waals surface area contributed by atoms with Crippen LogP contribution in [0.1, 0.15) is 27.7 Å². The Morgan fingerprint density at radius 3 is 1.94 bits per heavy atom. The second-order valence-electron chi connectivity index (χ2n) is 5.16. The minimum Gasteiger partial charge on any atom is -0.388 e. The Labute approximate surface area is 98.9 Å². The number of aliphatic hydroxyl groups is 1. The Bertz CT molecular complexity index is 176. The van der Waals surface area contributed by atoms with Crippen molar-refractivity contribution >= 4 is 0 Å². The van der Waals surface area contributed by atoms with E-state index >= 15 is 0 Å². The lowest BCUT2D eigenvalue weighted by atomic mass is 9.90. The Morgan fingerprint density at radius 2 is 1.56 bits per heavy atom. The summed E-state index contributed by atoms with van der Waals surface area (Å²) in [6.07, 6.45) is -0.965. The molecule has 3 unspecified atom stereocenters. The summed E-state index contributed by atoms with van der Waals surface area (Å²) in [5, 5.41) is 9.82. The van der Waals surface area contributed by atoms with E-state index in [1.807, 2.05) is 6.92 Å². The normalized spacial score (nSPS) is 18.2. The molecule has 0 aromatic rings. The van der Waals surface area contributed by atoms with E-state index in [4.69, 9.17) is 14.2 Å². The summed E-state index contributed by atoms with van der Waals surface area (Å²) in [4.78, 5) is 0. The smallest absolute Gasteiger partial charge is 0.109 e. The van der Waals surface area contributed by atoms with Crippen molar-refractivity contribution in [2.75, 3.05) is 27.4 Å². The van der Waals surface area contributed by atoms with Gasteiger partial charge in [-0.15, -0.1) is 0 Å². The number of rotatable bonds is 7. The van der Waals surface area contributed by atoms with E-state index in [0.717, 1.165) is 0 Å². The molecule has 0 heterocycles. The van der Waals surface area contributed by atoms with Crippen molar-refractivity contribution in [3.8, 4) is 0 Å². The Kier molecular flexibility index (Phi) is 7.15. The Balaban J connectivity index is 4.32. The lowest BCUT2D eigenvalue weighted by Gasteiger charge is -2.33. The molecule has 4 nitrogen and oxygen atoms in total. The van der Waals surface area contributed by atoms with Crippen LogP contribution in [0, 0.1) is 5.41 Å². The molecule has 0 aromatic carbocycles. The summed E-state index contributed by atoms with van der Waals surface area (Å²) < 4.78 is 15.8. The fraction of sp³-hybridized carbons (Fsp3) is 1.00. The molecule has 0 aliphatic heterocycles. The largest absolute Gasteiger partial charge is 0.388 e. The molecule has 4 heteroatoms. The average Bonchev–Trinajstić information content (AvgIpc) is 2.15. The zero-order chi connectivity index (χ0) is 12.8. The quantitative estimate of drug-likeness (QED) is 0.724. The predicted molar refractivity (Wildman–Crippen MR) is 63.5 cm³/mol. The zero-order valence-electron chi connectivity index (χ0n) is 11.3. The molecule has 0 bridgehead atoms. The number of methoxy groups -OCH3 is 2. The van der Waals surface area contributed by atoms with Crippen LogP contribution in [-0.4, -0.2) is 50.9 Å². The van der Waals surface area contributed by atoms with Gasteiger partial charge in [-0.05, 0) is 12.3 Å². The van der Waals surface area contributed by atoms with Gasteiger partial charge < -0.3 is 19.3 Å². The Morgan fingerprint density at radius 1 is 1.06 bits per heavy atom. The predicted octanol–water partition coefficient (Wildman–Crippen LogP) is 1.46. The summed E-state index contributed by atoms with van der Waals surface area (Å²) in [6.45, 7) is 8.93. The van der Waals surface area contributed by atoms with Crippen LogP contribution in [0.25, 0.3) is 0 Å². The van der Waals surface area contributed by atoms with Gasteiger partial charge in [0.2, 0.25) is 0 Å². The van der Waals surface area contributed by atoms with Crippen molar-refractivity contribution in [1.82, 2.24) is 0 Å². The van der Waals surface area contributed by atoms with Crippen LogP contribution in [0.4, 0.5) is 0 Å². The molecule has 0 radical (unpaired) electrons. The van der Waals surface area contributed by atoms with Gasteiger partial charge in [-0.1, -0.05) is 20.8 Å². The third-order valence-electron chi connectivity index (χ3n) is 2.70. The van der Waals surface area contributed by atoms with Crippen molar-refractivity contribution in [2.45, 2.75) is 46.0 Å². The molecule has 0 amide bonds. The van der Waals surface area contributed by atoms with Crippen LogP contribution < -0.4 is 0 Å². The highest BCUT2D eigenvalue weighted by Gasteiger charge is 2.28. The van der Waals surface area contributed by atoms with Crippen LogP contribution in [0.2, 0.25) is 0 Å². The van der Waals surface area contributed by atoms with E-state index in [1.54, 1.807) is 14.2 Å². The number of hydrogen-bond acceptors (Lipinski definition) is 4. The third kappa shape index (κ3) is 5.80. The van der Waals surface area contributed by atoms with Crippen LogP contribution in [0.15, 0.2) is 0 Å². The van der Waals surface area contributed by atoms with Gasteiger partial charge in [-0.3, -0.25) is 0 Å². The lowest BCUT2D eigenvalue weighted by molar-refractivity contribution is -0.137. The van der Waals surface area contributed by atoms with Crippen molar-refractivity contribution in [2.24, 2.45) is 5.41 Å². The molecule has 0 aromatic heterocycles.